The summed E-state index contributed by atoms with van der Waals surface area (Å²) in [5.74, 6) is 0. The maximum Gasteiger partial charge on any atom is 0.0983 e. The zero-order chi connectivity index (χ0) is 19.5. The van der Waals surface area contributed by atoms with Gasteiger partial charge in [-0.25, -0.2) is 0 Å². The molecule has 2 aliphatic rings. The van der Waals surface area contributed by atoms with Crippen LogP contribution in [-0.4, -0.2) is 44.8 Å². The molecular formula is C24H29N5. The van der Waals surface area contributed by atoms with Gasteiger partial charge >= 0.3 is 0 Å². The van der Waals surface area contributed by atoms with Gasteiger partial charge in [-0.1, -0.05) is 30.3 Å². The highest BCUT2D eigenvalue weighted by Crippen LogP contribution is 2.29. The number of benzene rings is 1. The molecule has 1 aromatic carbocycles. The SMILES string of the molecule is c1ccc(Cn2cc(CNC3CCN(C4CC4)CC3)c(-c3cccnc3)n2)cc1. The highest BCUT2D eigenvalue weighted by atomic mass is 15.3. The van der Waals surface area contributed by atoms with Crippen LogP contribution in [0.3, 0.4) is 0 Å². The number of pyridine rings is 1. The normalized spacial score (nSPS) is 18.2. The molecule has 0 bridgehead atoms. The summed E-state index contributed by atoms with van der Waals surface area (Å²) in [4.78, 5) is 6.98. The van der Waals surface area contributed by atoms with Crippen molar-refractivity contribution in [2.45, 2.75) is 50.9 Å². The Morgan fingerprint density at radius 3 is 2.52 bits per heavy atom. The lowest BCUT2D eigenvalue weighted by molar-refractivity contribution is 0.189. The summed E-state index contributed by atoms with van der Waals surface area (Å²) in [7, 11) is 0. The zero-order valence-corrected chi connectivity index (χ0v) is 16.9. The first-order chi connectivity index (χ1) is 14.3. The molecule has 150 valence electrons. The number of aromatic nitrogens is 3. The van der Waals surface area contributed by atoms with Crippen molar-refractivity contribution >= 4 is 0 Å². The monoisotopic (exact) mass is 387 g/mol. The van der Waals surface area contributed by atoms with Crippen LogP contribution in [0.15, 0.2) is 61.1 Å². The fourth-order valence-corrected chi connectivity index (χ4v) is 4.35. The van der Waals surface area contributed by atoms with E-state index in [-0.39, 0.29) is 0 Å². The van der Waals surface area contributed by atoms with Crippen LogP contribution in [0.5, 0.6) is 0 Å². The van der Waals surface area contributed by atoms with E-state index in [0.717, 1.165) is 30.4 Å². The van der Waals surface area contributed by atoms with Crippen LogP contribution in [0.1, 0.15) is 36.8 Å². The summed E-state index contributed by atoms with van der Waals surface area (Å²) in [5, 5.41) is 8.72. The maximum absolute atomic E-state index is 4.91. The molecule has 0 radical (unpaired) electrons. The molecule has 5 heteroatoms. The fourth-order valence-electron chi connectivity index (χ4n) is 4.35. The van der Waals surface area contributed by atoms with Crippen LogP contribution in [0.4, 0.5) is 0 Å². The third-order valence-electron chi connectivity index (χ3n) is 6.13. The van der Waals surface area contributed by atoms with E-state index >= 15 is 0 Å². The minimum atomic E-state index is 0.601. The third kappa shape index (κ3) is 4.57. The lowest BCUT2D eigenvalue weighted by atomic mass is 10.0. The average Bonchev–Trinajstić information content (AvgIpc) is 3.55. The second-order valence-electron chi connectivity index (χ2n) is 8.35. The Kier molecular flexibility index (Phi) is 5.41. The quantitative estimate of drug-likeness (QED) is 0.671. The predicted octanol–water partition coefficient (Wildman–Crippen LogP) is 3.71. The molecule has 29 heavy (non-hydrogen) atoms. The smallest absolute Gasteiger partial charge is 0.0983 e. The van der Waals surface area contributed by atoms with E-state index in [1.165, 1.54) is 49.9 Å². The summed E-state index contributed by atoms with van der Waals surface area (Å²) in [5.41, 5.74) is 4.63. The van der Waals surface area contributed by atoms with Crippen LogP contribution >= 0.6 is 0 Å². The van der Waals surface area contributed by atoms with Crippen molar-refractivity contribution in [2.75, 3.05) is 13.1 Å². The number of rotatable bonds is 7. The molecule has 3 aromatic rings. The fraction of sp³-hybridized carbons (Fsp3) is 0.417. The van der Waals surface area contributed by atoms with Gasteiger partial charge in [-0.15, -0.1) is 0 Å². The van der Waals surface area contributed by atoms with Crippen molar-refractivity contribution in [1.82, 2.24) is 25.0 Å². The molecule has 1 saturated heterocycles. The van der Waals surface area contributed by atoms with Crippen molar-refractivity contribution in [3.05, 3.63) is 72.2 Å². The summed E-state index contributed by atoms with van der Waals surface area (Å²) in [6.07, 6.45) is 11.2. The van der Waals surface area contributed by atoms with Gasteiger partial charge in [-0.3, -0.25) is 9.67 Å². The standard InChI is InChI=1S/C24H29N5/c1-2-5-19(6-3-1)17-29-18-21(24(27-29)20-7-4-12-25-15-20)16-26-22-10-13-28(14-11-22)23-8-9-23/h1-7,12,15,18,22-23,26H,8-11,13-14,16-17H2. The lowest BCUT2D eigenvalue weighted by Gasteiger charge is -2.32. The van der Waals surface area contributed by atoms with Gasteiger partial charge in [0.25, 0.3) is 0 Å². The number of nitrogens with zero attached hydrogens (tertiary/aromatic N) is 4. The molecular weight excluding hydrogens is 358 g/mol. The summed E-state index contributed by atoms with van der Waals surface area (Å²) in [6.45, 7) is 4.12. The number of hydrogen-bond acceptors (Lipinski definition) is 4. The minimum absolute atomic E-state index is 0.601. The average molecular weight is 388 g/mol. The Hall–Kier alpha value is -2.50. The number of likely N-dealkylation sites (tertiary alicyclic amines) is 1. The summed E-state index contributed by atoms with van der Waals surface area (Å²) in [6, 6.07) is 16.1. The Balaban J connectivity index is 1.29. The van der Waals surface area contributed by atoms with Gasteiger partial charge in [0.05, 0.1) is 12.2 Å². The Labute approximate surface area is 172 Å². The van der Waals surface area contributed by atoms with Crippen molar-refractivity contribution in [1.29, 1.82) is 0 Å². The van der Waals surface area contributed by atoms with E-state index in [2.05, 4.69) is 62.5 Å². The van der Waals surface area contributed by atoms with Crippen molar-refractivity contribution in [2.24, 2.45) is 0 Å². The van der Waals surface area contributed by atoms with Crippen LogP contribution in [0, 0.1) is 0 Å². The molecule has 1 saturated carbocycles. The number of nitrogens with one attached hydrogen (secondary N) is 1. The number of piperidine rings is 1. The topological polar surface area (TPSA) is 46.0 Å². The molecule has 3 heterocycles. The van der Waals surface area contributed by atoms with Gasteiger partial charge in [-0.05, 0) is 56.5 Å². The van der Waals surface area contributed by atoms with E-state index in [1.54, 1.807) is 0 Å². The van der Waals surface area contributed by atoms with Gasteiger partial charge in [0.15, 0.2) is 0 Å². The largest absolute Gasteiger partial charge is 0.310 e. The summed E-state index contributed by atoms with van der Waals surface area (Å²) < 4.78 is 2.06. The van der Waals surface area contributed by atoms with Gasteiger partial charge in [0.2, 0.25) is 0 Å². The molecule has 1 N–H and O–H groups in total. The zero-order valence-electron chi connectivity index (χ0n) is 16.9. The van der Waals surface area contributed by atoms with Crippen LogP contribution < -0.4 is 5.32 Å². The molecule has 5 rings (SSSR count). The molecule has 0 unspecified atom stereocenters. The van der Waals surface area contributed by atoms with Crippen molar-refractivity contribution in [3.8, 4) is 11.3 Å². The molecule has 1 aliphatic carbocycles. The Morgan fingerprint density at radius 2 is 1.79 bits per heavy atom. The van der Waals surface area contributed by atoms with Crippen molar-refractivity contribution in [3.63, 3.8) is 0 Å². The van der Waals surface area contributed by atoms with E-state index < -0.39 is 0 Å². The predicted molar refractivity (Wildman–Crippen MR) is 115 cm³/mol. The second-order valence-corrected chi connectivity index (χ2v) is 8.35. The number of hydrogen-bond donors (Lipinski definition) is 1. The summed E-state index contributed by atoms with van der Waals surface area (Å²) >= 11 is 0. The molecule has 5 nitrogen and oxygen atoms in total. The second kappa shape index (κ2) is 8.47. The van der Waals surface area contributed by atoms with Crippen LogP contribution in [0.25, 0.3) is 11.3 Å². The van der Waals surface area contributed by atoms with Gasteiger partial charge < -0.3 is 10.2 Å². The van der Waals surface area contributed by atoms with Crippen molar-refractivity contribution < 1.29 is 0 Å². The van der Waals surface area contributed by atoms with Gasteiger partial charge in [0.1, 0.15) is 0 Å². The van der Waals surface area contributed by atoms with E-state index in [0.29, 0.717) is 6.04 Å². The molecule has 0 spiro atoms. The highest BCUT2D eigenvalue weighted by Gasteiger charge is 2.31. The van der Waals surface area contributed by atoms with E-state index in [4.69, 9.17) is 5.10 Å². The third-order valence-corrected chi connectivity index (χ3v) is 6.13. The molecule has 1 aliphatic heterocycles. The molecule has 2 fully saturated rings. The van der Waals surface area contributed by atoms with Crippen LogP contribution in [0.2, 0.25) is 0 Å². The first-order valence-corrected chi connectivity index (χ1v) is 10.8. The Bertz CT molecular complexity index is 909. The first-order valence-electron chi connectivity index (χ1n) is 10.8. The molecule has 2 aromatic heterocycles. The van der Waals surface area contributed by atoms with E-state index in [9.17, 15) is 0 Å². The minimum Gasteiger partial charge on any atom is -0.310 e. The van der Waals surface area contributed by atoms with Crippen LogP contribution in [-0.2, 0) is 13.1 Å². The van der Waals surface area contributed by atoms with Gasteiger partial charge in [0, 0.05) is 48.3 Å². The maximum atomic E-state index is 4.91. The molecule has 0 amide bonds. The Morgan fingerprint density at radius 1 is 0.966 bits per heavy atom. The lowest BCUT2D eigenvalue weighted by Crippen LogP contribution is -2.43. The first kappa shape index (κ1) is 18.5. The van der Waals surface area contributed by atoms with E-state index in [1.807, 2.05) is 18.5 Å². The molecule has 0 atom stereocenters. The highest BCUT2D eigenvalue weighted by molar-refractivity contribution is 5.61. The van der Waals surface area contributed by atoms with Gasteiger partial charge in [-0.2, -0.15) is 5.10 Å².